The molecule has 1 N–H and O–H groups in total. The number of amides is 2. The fraction of sp³-hybridized carbons (Fsp3) is 0.636. The van der Waals surface area contributed by atoms with E-state index in [-0.39, 0.29) is 25.0 Å². The van der Waals surface area contributed by atoms with Gasteiger partial charge in [0.15, 0.2) is 0 Å². The lowest BCUT2D eigenvalue weighted by atomic mass is 9.99. The highest BCUT2D eigenvalue weighted by Crippen LogP contribution is 2.23. The Balaban J connectivity index is 2.62. The number of urea groups is 1. The molecule has 2 atom stereocenters. The molecule has 0 spiro atoms. The molecule has 0 aromatic carbocycles. The summed E-state index contributed by atoms with van der Waals surface area (Å²) in [5.41, 5.74) is 0. The molecule has 16 heavy (non-hydrogen) atoms. The highest BCUT2D eigenvalue weighted by molar-refractivity contribution is 5.77. The van der Waals surface area contributed by atoms with Gasteiger partial charge in [-0.15, -0.1) is 6.42 Å². The normalized spacial score (nSPS) is 23.9. The van der Waals surface area contributed by atoms with Gasteiger partial charge in [-0.05, 0) is 5.92 Å². The summed E-state index contributed by atoms with van der Waals surface area (Å²) in [6.07, 6.45) is 5.11. The zero-order valence-electron chi connectivity index (χ0n) is 9.51. The van der Waals surface area contributed by atoms with Crippen molar-refractivity contribution in [2.75, 3.05) is 26.7 Å². The molecule has 0 saturated carbocycles. The maximum atomic E-state index is 11.8. The molecule has 5 nitrogen and oxygen atoms in total. The number of nitrogens with zero attached hydrogens (tertiary/aromatic N) is 2. The van der Waals surface area contributed by atoms with E-state index >= 15 is 0 Å². The lowest BCUT2D eigenvalue weighted by molar-refractivity contribution is -0.142. The minimum atomic E-state index is -0.845. The molecule has 0 aromatic heterocycles. The van der Waals surface area contributed by atoms with Gasteiger partial charge in [-0.3, -0.25) is 4.79 Å². The van der Waals surface area contributed by atoms with Crippen LogP contribution in [0.15, 0.2) is 0 Å². The smallest absolute Gasteiger partial charge is 0.320 e. The van der Waals surface area contributed by atoms with Gasteiger partial charge in [0.05, 0.1) is 12.5 Å². The number of hydrogen-bond donors (Lipinski definition) is 1. The molecule has 0 aromatic rings. The largest absolute Gasteiger partial charge is 0.481 e. The number of terminal acetylenes is 1. The third-order valence-electron chi connectivity index (χ3n) is 2.86. The molecule has 1 fully saturated rings. The van der Waals surface area contributed by atoms with Gasteiger partial charge in [0.25, 0.3) is 0 Å². The molecular weight excluding hydrogens is 208 g/mol. The summed E-state index contributed by atoms with van der Waals surface area (Å²) >= 11 is 0. The summed E-state index contributed by atoms with van der Waals surface area (Å²) in [5, 5.41) is 8.94. The molecule has 1 aliphatic rings. The Labute approximate surface area is 95.0 Å². The van der Waals surface area contributed by atoms with Crippen molar-refractivity contribution < 1.29 is 14.7 Å². The van der Waals surface area contributed by atoms with Gasteiger partial charge in [0.1, 0.15) is 0 Å². The van der Waals surface area contributed by atoms with E-state index in [9.17, 15) is 9.59 Å². The standard InChI is InChI=1S/C11H16N2O3/c1-4-5-12(3)11(16)13-6-8(2)9(7-13)10(14)15/h1,8-9H,5-7H2,2-3H3,(H,14,15)/t8-,9-/m1/s1. The molecule has 1 saturated heterocycles. The Morgan fingerprint density at radius 3 is 2.62 bits per heavy atom. The summed E-state index contributed by atoms with van der Waals surface area (Å²) in [4.78, 5) is 25.7. The molecule has 0 unspecified atom stereocenters. The topological polar surface area (TPSA) is 60.9 Å². The summed E-state index contributed by atoms with van der Waals surface area (Å²) in [7, 11) is 1.61. The second-order valence-corrected chi connectivity index (χ2v) is 4.17. The van der Waals surface area contributed by atoms with Crippen LogP contribution in [0.1, 0.15) is 6.92 Å². The molecule has 1 aliphatic heterocycles. The van der Waals surface area contributed by atoms with Crippen molar-refractivity contribution >= 4 is 12.0 Å². The second-order valence-electron chi connectivity index (χ2n) is 4.17. The number of carbonyl (C=O) groups is 2. The minimum absolute atomic E-state index is 0.0133. The predicted molar refractivity (Wildman–Crippen MR) is 58.7 cm³/mol. The van der Waals surface area contributed by atoms with Crippen molar-refractivity contribution in [3.8, 4) is 12.3 Å². The Hall–Kier alpha value is -1.70. The molecule has 2 amide bonds. The van der Waals surface area contributed by atoms with E-state index in [1.54, 1.807) is 11.9 Å². The van der Waals surface area contributed by atoms with Crippen LogP contribution in [-0.4, -0.2) is 53.6 Å². The molecule has 1 heterocycles. The van der Waals surface area contributed by atoms with Gasteiger partial charge in [0, 0.05) is 20.1 Å². The maximum Gasteiger partial charge on any atom is 0.320 e. The first kappa shape index (κ1) is 12.4. The van der Waals surface area contributed by atoms with E-state index < -0.39 is 11.9 Å². The number of likely N-dealkylation sites (tertiary alicyclic amines) is 1. The van der Waals surface area contributed by atoms with E-state index in [1.165, 1.54) is 4.90 Å². The number of carbonyl (C=O) groups excluding carboxylic acids is 1. The average molecular weight is 224 g/mol. The van der Waals surface area contributed by atoms with Crippen LogP contribution in [0.3, 0.4) is 0 Å². The van der Waals surface area contributed by atoms with Gasteiger partial charge in [-0.25, -0.2) is 4.79 Å². The fourth-order valence-electron chi connectivity index (χ4n) is 1.89. The third-order valence-corrected chi connectivity index (χ3v) is 2.86. The van der Waals surface area contributed by atoms with Crippen LogP contribution in [0, 0.1) is 24.2 Å². The van der Waals surface area contributed by atoms with E-state index in [2.05, 4.69) is 5.92 Å². The first-order valence-corrected chi connectivity index (χ1v) is 5.13. The first-order valence-electron chi connectivity index (χ1n) is 5.13. The minimum Gasteiger partial charge on any atom is -0.481 e. The highest BCUT2D eigenvalue weighted by atomic mass is 16.4. The van der Waals surface area contributed by atoms with Crippen LogP contribution >= 0.6 is 0 Å². The van der Waals surface area contributed by atoms with E-state index in [4.69, 9.17) is 11.5 Å². The highest BCUT2D eigenvalue weighted by Gasteiger charge is 2.37. The number of carboxylic acid groups (broad SMARTS) is 1. The summed E-state index contributed by atoms with van der Waals surface area (Å²) < 4.78 is 0. The van der Waals surface area contributed by atoms with Crippen molar-refractivity contribution in [2.24, 2.45) is 11.8 Å². The van der Waals surface area contributed by atoms with Crippen molar-refractivity contribution in [3.63, 3.8) is 0 Å². The first-order chi connectivity index (χ1) is 7.47. The fourth-order valence-corrected chi connectivity index (χ4v) is 1.89. The predicted octanol–water partition coefficient (Wildman–Crippen LogP) is 0.324. The molecular formula is C11H16N2O3. The summed E-state index contributed by atoms with van der Waals surface area (Å²) in [6.45, 7) is 2.82. The van der Waals surface area contributed by atoms with Crippen LogP contribution < -0.4 is 0 Å². The molecule has 5 heteroatoms. The molecule has 0 aliphatic carbocycles. The van der Waals surface area contributed by atoms with E-state index in [0.717, 1.165) is 0 Å². The summed E-state index contributed by atoms with van der Waals surface area (Å²) in [6, 6.07) is -0.200. The van der Waals surface area contributed by atoms with Gasteiger partial charge >= 0.3 is 12.0 Å². The van der Waals surface area contributed by atoms with Crippen molar-refractivity contribution in [1.29, 1.82) is 0 Å². The summed E-state index contributed by atoms with van der Waals surface area (Å²) in [5.74, 6) is 1.05. The Bertz CT molecular complexity index is 335. The zero-order chi connectivity index (χ0) is 12.3. The zero-order valence-corrected chi connectivity index (χ0v) is 9.51. The Morgan fingerprint density at radius 2 is 2.19 bits per heavy atom. The third kappa shape index (κ3) is 2.45. The number of aliphatic carboxylic acids is 1. The molecule has 1 rings (SSSR count). The van der Waals surface area contributed by atoms with Crippen molar-refractivity contribution in [3.05, 3.63) is 0 Å². The van der Waals surface area contributed by atoms with Gasteiger partial charge < -0.3 is 14.9 Å². The van der Waals surface area contributed by atoms with Crippen LogP contribution in [0.25, 0.3) is 0 Å². The van der Waals surface area contributed by atoms with Crippen molar-refractivity contribution in [2.45, 2.75) is 6.92 Å². The molecule has 88 valence electrons. The number of rotatable bonds is 2. The number of hydrogen-bond acceptors (Lipinski definition) is 2. The Kier molecular flexibility index (Phi) is 3.78. The van der Waals surface area contributed by atoms with Crippen LogP contribution in [0.2, 0.25) is 0 Å². The Morgan fingerprint density at radius 1 is 1.56 bits per heavy atom. The SMILES string of the molecule is C#CCN(C)C(=O)N1C[C@@H](C)[C@H](C(=O)O)C1. The lowest BCUT2D eigenvalue weighted by Gasteiger charge is -2.22. The average Bonchev–Trinajstić information content (AvgIpc) is 2.59. The van der Waals surface area contributed by atoms with Crippen LogP contribution in [0.4, 0.5) is 4.79 Å². The van der Waals surface area contributed by atoms with E-state index in [0.29, 0.717) is 6.54 Å². The van der Waals surface area contributed by atoms with E-state index in [1.807, 2.05) is 6.92 Å². The maximum absolute atomic E-state index is 11.8. The van der Waals surface area contributed by atoms with Crippen LogP contribution in [0.5, 0.6) is 0 Å². The van der Waals surface area contributed by atoms with Crippen LogP contribution in [-0.2, 0) is 4.79 Å². The monoisotopic (exact) mass is 224 g/mol. The number of carboxylic acids is 1. The van der Waals surface area contributed by atoms with Gasteiger partial charge in [-0.1, -0.05) is 12.8 Å². The molecule has 0 bridgehead atoms. The lowest BCUT2D eigenvalue weighted by Crippen LogP contribution is -2.40. The molecule has 0 radical (unpaired) electrons. The van der Waals surface area contributed by atoms with Gasteiger partial charge in [-0.2, -0.15) is 0 Å². The second kappa shape index (κ2) is 4.88. The van der Waals surface area contributed by atoms with Gasteiger partial charge in [0.2, 0.25) is 0 Å². The van der Waals surface area contributed by atoms with Crippen molar-refractivity contribution in [1.82, 2.24) is 9.80 Å². The quantitative estimate of drug-likeness (QED) is 0.687.